The number of hydrogen-bond acceptors (Lipinski definition) is 5. The monoisotopic (exact) mass is 511 g/mol. The van der Waals surface area contributed by atoms with Gasteiger partial charge in [-0.3, -0.25) is 14.5 Å². The van der Waals surface area contributed by atoms with E-state index in [9.17, 15) is 18.8 Å². The van der Waals surface area contributed by atoms with Crippen molar-refractivity contribution in [3.05, 3.63) is 105 Å². The van der Waals surface area contributed by atoms with Crippen molar-refractivity contribution in [1.29, 1.82) is 0 Å². The van der Waals surface area contributed by atoms with Crippen LogP contribution in [-0.2, 0) is 11.3 Å². The van der Waals surface area contributed by atoms with E-state index in [1.165, 1.54) is 29.2 Å². The number of amides is 2. The predicted octanol–water partition coefficient (Wildman–Crippen LogP) is 6.04. The molecular formula is C24H15BrFNO4S. The largest absolute Gasteiger partial charge is 0.423 e. The van der Waals surface area contributed by atoms with Crippen LogP contribution in [0.15, 0.2) is 82.2 Å². The van der Waals surface area contributed by atoms with Gasteiger partial charge in [0, 0.05) is 4.47 Å². The Bertz CT molecular complexity index is 1230. The molecule has 1 fully saturated rings. The highest BCUT2D eigenvalue weighted by atomic mass is 79.9. The fourth-order valence-electron chi connectivity index (χ4n) is 2.97. The van der Waals surface area contributed by atoms with Crippen molar-refractivity contribution in [2.24, 2.45) is 0 Å². The lowest BCUT2D eigenvalue weighted by Crippen LogP contribution is -2.27. The summed E-state index contributed by atoms with van der Waals surface area (Å²) < 4.78 is 19.1. The molecule has 5 nitrogen and oxygen atoms in total. The van der Waals surface area contributed by atoms with Crippen molar-refractivity contribution in [2.75, 3.05) is 0 Å². The summed E-state index contributed by atoms with van der Waals surface area (Å²) in [4.78, 5) is 38.7. The summed E-state index contributed by atoms with van der Waals surface area (Å²) in [6, 6.07) is 19.0. The Morgan fingerprint density at radius 1 is 1.00 bits per heavy atom. The molecule has 3 aromatic carbocycles. The zero-order valence-electron chi connectivity index (χ0n) is 16.5. The number of rotatable bonds is 5. The van der Waals surface area contributed by atoms with Crippen LogP contribution in [0.5, 0.6) is 5.75 Å². The number of halogens is 2. The molecule has 1 heterocycles. The summed E-state index contributed by atoms with van der Waals surface area (Å²) in [6.45, 7) is 0.182. The van der Waals surface area contributed by atoms with Crippen LogP contribution in [0.4, 0.5) is 9.18 Å². The fraction of sp³-hybridized carbons (Fsp3) is 0.0417. The molecule has 0 bridgehead atoms. The molecule has 0 spiro atoms. The number of imide groups is 1. The van der Waals surface area contributed by atoms with Crippen LogP contribution >= 0.6 is 27.7 Å². The zero-order chi connectivity index (χ0) is 22.7. The average Bonchev–Trinajstić information content (AvgIpc) is 3.04. The molecule has 0 N–H and O–H groups in total. The van der Waals surface area contributed by atoms with Gasteiger partial charge in [-0.2, -0.15) is 0 Å². The molecule has 32 heavy (non-hydrogen) atoms. The normalized spacial score (nSPS) is 14.8. The maximum absolute atomic E-state index is 13.0. The summed E-state index contributed by atoms with van der Waals surface area (Å²) in [5.41, 5.74) is 1.75. The molecule has 0 radical (unpaired) electrons. The highest BCUT2D eigenvalue weighted by Crippen LogP contribution is 2.34. The van der Waals surface area contributed by atoms with Gasteiger partial charge >= 0.3 is 5.97 Å². The van der Waals surface area contributed by atoms with Gasteiger partial charge in [0.2, 0.25) is 0 Å². The van der Waals surface area contributed by atoms with Crippen molar-refractivity contribution in [1.82, 2.24) is 4.90 Å². The SMILES string of the molecule is O=C(Oc1ccc(/C=C2\SC(=O)N(Cc3ccccc3Br)C2=O)cc1)c1ccc(F)cc1. The summed E-state index contributed by atoms with van der Waals surface area (Å²) in [7, 11) is 0. The number of ether oxygens (including phenoxy) is 1. The minimum Gasteiger partial charge on any atom is -0.423 e. The van der Waals surface area contributed by atoms with Crippen LogP contribution in [0, 0.1) is 5.82 Å². The van der Waals surface area contributed by atoms with Crippen molar-refractivity contribution in [3.63, 3.8) is 0 Å². The third-order valence-electron chi connectivity index (χ3n) is 4.63. The van der Waals surface area contributed by atoms with Gasteiger partial charge in [-0.25, -0.2) is 9.18 Å². The first-order chi connectivity index (χ1) is 15.4. The number of esters is 1. The summed E-state index contributed by atoms with van der Waals surface area (Å²) in [5.74, 6) is -1.10. The minimum atomic E-state index is -0.606. The van der Waals surface area contributed by atoms with Gasteiger partial charge in [0.15, 0.2) is 0 Å². The smallest absolute Gasteiger partial charge is 0.343 e. The highest BCUT2D eigenvalue weighted by molar-refractivity contribution is 9.10. The Morgan fingerprint density at radius 2 is 1.69 bits per heavy atom. The van der Waals surface area contributed by atoms with Gasteiger partial charge in [0.1, 0.15) is 11.6 Å². The topological polar surface area (TPSA) is 63.7 Å². The summed E-state index contributed by atoms with van der Waals surface area (Å²) in [6.07, 6.45) is 1.62. The van der Waals surface area contributed by atoms with E-state index in [2.05, 4.69) is 15.9 Å². The minimum absolute atomic E-state index is 0.182. The quantitative estimate of drug-likeness (QED) is 0.237. The van der Waals surface area contributed by atoms with E-state index in [-0.39, 0.29) is 23.3 Å². The second-order valence-electron chi connectivity index (χ2n) is 6.82. The first-order valence-corrected chi connectivity index (χ1v) is 11.1. The van der Waals surface area contributed by atoms with E-state index in [1.807, 2.05) is 24.3 Å². The molecule has 0 unspecified atom stereocenters. The van der Waals surface area contributed by atoms with Crippen molar-refractivity contribution >= 4 is 50.9 Å². The van der Waals surface area contributed by atoms with Gasteiger partial charge in [-0.1, -0.05) is 46.3 Å². The van der Waals surface area contributed by atoms with Gasteiger partial charge in [-0.05, 0) is 71.4 Å². The van der Waals surface area contributed by atoms with Crippen molar-refractivity contribution in [2.45, 2.75) is 6.54 Å². The molecule has 0 aromatic heterocycles. The van der Waals surface area contributed by atoms with Crippen LogP contribution in [-0.4, -0.2) is 22.0 Å². The Labute approximate surface area is 196 Å². The molecule has 1 aliphatic heterocycles. The van der Waals surface area contributed by atoms with E-state index in [4.69, 9.17) is 4.74 Å². The number of carbonyl (C=O) groups excluding carboxylic acids is 3. The highest BCUT2D eigenvalue weighted by Gasteiger charge is 2.35. The zero-order valence-corrected chi connectivity index (χ0v) is 18.9. The first kappa shape index (κ1) is 22.0. The molecule has 8 heteroatoms. The van der Waals surface area contributed by atoms with E-state index in [0.717, 1.165) is 21.8 Å². The number of benzene rings is 3. The summed E-state index contributed by atoms with van der Waals surface area (Å²) >= 11 is 4.31. The maximum atomic E-state index is 13.0. The first-order valence-electron chi connectivity index (χ1n) is 9.47. The average molecular weight is 512 g/mol. The molecular weight excluding hydrogens is 497 g/mol. The third-order valence-corrected chi connectivity index (χ3v) is 6.31. The van der Waals surface area contributed by atoms with E-state index < -0.39 is 11.8 Å². The molecule has 0 saturated carbocycles. The van der Waals surface area contributed by atoms with Crippen LogP contribution in [0.2, 0.25) is 0 Å². The fourth-order valence-corrected chi connectivity index (χ4v) is 4.22. The van der Waals surface area contributed by atoms with E-state index >= 15 is 0 Å². The lowest BCUT2D eigenvalue weighted by atomic mass is 10.2. The molecule has 4 rings (SSSR count). The van der Waals surface area contributed by atoms with Crippen LogP contribution in [0.25, 0.3) is 6.08 Å². The number of hydrogen-bond donors (Lipinski definition) is 0. The summed E-state index contributed by atoms with van der Waals surface area (Å²) in [5, 5.41) is -0.332. The van der Waals surface area contributed by atoms with Gasteiger partial charge in [0.25, 0.3) is 11.1 Å². The van der Waals surface area contributed by atoms with E-state index in [1.54, 1.807) is 30.3 Å². The standard InChI is InChI=1S/C24H15BrFNO4S/c25-20-4-2-1-3-17(20)14-27-22(28)21(32-24(27)30)13-15-5-11-19(12-6-15)31-23(29)16-7-9-18(26)10-8-16/h1-13H,14H2/b21-13-. The number of nitrogens with zero attached hydrogens (tertiary/aromatic N) is 1. The second-order valence-corrected chi connectivity index (χ2v) is 8.67. The Morgan fingerprint density at radius 3 is 2.38 bits per heavy atom. The van der Waals surface area contributed by atoms with Crippen molar-refractivity contribution in [3.8, 4) is 5.75 Å². The molecule has 1 saturated heterocycles. The lowest BCUT2D eigenvalue weighted by molar-refractivity contribution is -0.123. The Hall–Kier alpha value is -3.23. The molecule has 0 atom stereocenters. The van der Waals surface area contributed by atoms with Gasteiger partial charge < -0.3 is 4.74 Å². The van der Waals surface area contributed by atoms with E-state index in [0.29, 0.717) is 16.2 Å². The molecule has 1 aliphatic rings. The second kappa shape index (κ2) is 9.50. The Kier molecular flexibility index (Phi) is 6.53. The van der Waals surface area contributed by atoms with Crippen LogP contribution < -0.4 is 4.74 Å². The molecule has 160 valence electrons. The predicted molar refractivity (Wildman–Crippen MR) is 123 cm³/mol. The molecule has 3 aromatic rings. The van der Waals surface area contributed by atoms with Crippen LogP contribution in [0.1, 0.15) is 21.5 Å². The van der Waals surface area contributed by atoms with Crippen molar-refractivity contribution < 1.29 is 23.5 Å². The molecule has 0 aliphatic carbocycles. The lowest BCUT2D eigenvalue weighted by Gasteiger charge is -2.13. The maximum Gasteiger partial charge on any atom is 0.343 e. The number of thioether (sulfide) groups is 1. The molecule has 2 amide bonds. The number of carbonyl (C=O) groups is 3. The van der Waals surface area contributed by atoms with Crippen LogP contribution in [0.3, 0.4) is 0 Å². The van der Waals surface area contributed by atoms with Gasteiger partial charge in [-0.15, -0.1) is 0 Å². The Balaban J connectivity index is 1.44. The third kappa shape index (κ3) is 4.98. The van der Waals surface area contributed by atoms with Gasteiger partial charge in [0.05, 0.1) is 17.0 Å².